The second kappa shape index (κ2) is 9.28. The molecular formula is C17H28O5. The van der Waals surface area contributed by atoms with Crippen LogP contribution in [0, 0.1) is 0 Å². The van der Waals surface area contributed by atoms with Gasteiger partial charge in [0.2, 0.25) is 6.29 Å². The minimum absolute atomic E-state index is 0.265. The first-order valence-electron chi connectivity index (χ1n) is 8.43. The molecule has 2 rings (SSSR count). The van der Waals surface area contributed by atoms with E-state index in [1.165, 1.54) is 25.7 Å². The van der Waals surface area contributed by atoms with Crippen LogP contribution in [0.25, 0.3) is 0 Å². The van der Waals surface area contributed by atoms with Crippen LogP contribution in [0.4, 0.5) is 0 Å². The van der Waals surface area contributed by atoms with Gasteiger partial charge in [-0.25, -0.2) is 4.79 Å². The van der Waals surface area contributed by atoms with Crippen LogP contribution >= 0.6 is 0 Å². The second-order valence-corrected chi connectivity index (χ2v) is 6.06. The minimum Gasteiger partial charge on any atom is -0.433 e. The molecule has 126 valence electrons. The monoisotopic (exact) mass is 312 g/mol. The molecule has 2 saturated carbocycles. The van der Waals surface area contributed by atoms with Gasteiger partial charge >= 0.3 is 5.97 Å². The molecule has 2 aliphatic carbocycles. The fraction of sp³-hybridized carbons (Fsp3) is 0.824. The summed E-state index contributed by atoms with van der Waals surface area (Å²) < 4.78 is 22.7. The Morgan fingerprint density at radius 3 is 2.05 bits per heavy atom. The lowest BCUT2D eigenvalue weighted by Gasteiger charge is -2.26. The Labute approximate surface area is 132 Å². The first kappa shape index (κ1) is 17.4. The van der Waals surface area contributed by atoms with E-state index in [-0.39, 0.29) is 25.1 Å². The number of rotatable bonds is 9. The lowest BCUT2D eigenvalue weighted by atomic mass is 10.3. The molecule has 0 aromatic heterocycles. The van der Waals surface area contributed by atoms with E-state index < -0.39 is 12.3 Å². The second-order valence-electron chi connectivity index (χ2n) is 6.06. The fourth-order valence-electron chi connectivity index (χ4n) is 3.05. The molecule has 0 bridgehead atoms. The third kappa shape index (κ3) is 6.07. The maximum absolute atomic E-state index is 11.1. The summed E-state index contributed by atoms with van der Waals surface area (Å²) in [6.45, 7) is 5.33. The lowest BCUT2D eigenvalue weighted by molar-refractivity contribution is -0.238. The number of hydrogen-bond acceptors (Lipinski definition) is 5. The molecule has 0 aliphatic heterocycles. The molecule has 2 fully saturated rings. The van der Waals surface area contributed by atoms with Crippen LogP contribution in [-0.2, 0) is 23.7 Å². The Morgan fingerprint density at radius 2 is 1.59 bits per heavy atom. The third-order valence-electron chi connectivity index (χ3n) is 4.21. The highest BCUT2D eigenvalue weighted by atomic mass is 16.7. The van der Waals surface area contributed by atoms with E-state index in [2.05, 4.69) is 6.58 Å². The highest BCUT2D eigenvalue weighted by Crippen LogP contribution is 2.26. The summed E-state index contributed by atoms with van der Waals surface area (Å²) in [6, 6.07) is 0. The summed E-state index contributed by atoms with van der Waals surface area (Å²) in [4.78, 5) is 11.1. The van der Waals surface area contributed by atoms with Crippen molar-refractivity contribution in [2.75, 3.05) is 6.61 Å². The van der Waals surface area contributed by atoms with E-state index in [4.69, 9.17) is 18.9 Å². The van der Waals surface area contributed by atoms with E-state index in [1.54, 1.807) is 6.92 Å². The molecule has 5 nitrogen and oxygen atoms in total. The Morgan fingerprint density at radius 1 is 1.09 bits per heavy atom. The number of carbonyl (C=O) groups excluding carboxylic acids is 1. The van der Waals surface area contributed by atoms with Crippen molar-refractivity contribution in [1.29, 1.82) is 0 Å². The summed E-state index contributed by atoms with van der Waals surface area (Å²) >= 11 is 0. The van der Waals surface area contributed by atoms with Gasteiger partial charge in [-0.05, 0) is 32.6 Å². The van der Waals surface area contributed by atoms with Gasteiger partial charge in [0, 0.05) is 6.08 Å². The SMILES string of the molecule is C=CC(=O)OC(C)OCC(OC1CCCC1)OC1CCCC1. The normalized spacial score (nSPS) is 21.4. The predicted octanol–water partition coefficient (Wildman–Crippen LogP) is 3.32. The van der Waals surface area contributed by atoms with Gasteiger partial charge in [-0.3, -0.25) is 0 Å². The summed E-state index contributed by atoms with van der Waals surface area (Å²) in [5.41, 5.74) is 0. The van der Waals surface area contributed by atoms with E-state index in [9.17, 15) is 4.79 Å². The zero-order chi connectivity index (χ0) is 15.8. The molecule has 2 aliphatic rings. The van der Waals surface area contributed by atoms with Crippen LogP contribution in [0.1, 0.15) is 58.3 Å². The van der Waals surface area contributed by atoms with Gasteiger partial charge in [0.05, 0.1) is 12.2 Å². The van der Waals surface area contributed by atoms with Crippen molar-refractivity contribution in [3.63, 3.8) is 0 Å². The van der Waals surface area contributed by atoms with Crippen molar-refractivity contribution in [2.45, 2.75) is 83.1 Å². The predicted molar refractivity (Wildman–Crippen MR) is 82.2 cm³/mol. The number of ether oxygens (including phenoxy) is 4. The summed E-state index contributed by atoms with van der Waals surface area (Å²) in [7, 11) is 0. The van der Waals surface area contributed by atoms with Gasteiger partial charge in [-0.1, -0.05) is 32.3 Å². The molecule has 0 amide bonds. The molecule has 0 heterocycles. The first-order valence-corrected chi connectivity index (χ1v) is 8.43. The summed E-state index contributed by atoms with van der Waals surface area (Å²) in [5, 5.41) is 0. The maximum atomic E-state index is 11.1. The van der Waals surface area contributed by atoms with Gasteiger partial charge in [-0.2, -0.15) is 0 Å². The summed E-state index contributed by atoms with van der Waals surface area (Å²) in [5.74, 6) is -0.488. The molecule has 0 radical (unpaired) electrons. The van der Waals surface area contributed by atoms with Gasteiger partial charge in [-0.15, -0.1) is 0 Å². The van der Waals surface area contributed by atoms with E-state index in [1.807, 2.05) is 0 Å². The van der Waals surface area contributed by atoms with Crippen LogP contribution < -0.4 is 0 Å². The average Bonchev–Trinajstić information content (AvgIpc) is 3.18. The largest absolute Gasteiger partial charge is 0.433 e. The van der Waals surface area contributed by atoms with Crippen molar-refractivity contribution < 1.29 is 23.7 Å². The Kier molecular flexibility index (Phi) is 7.36. The molecule has 22 heavy (non-hydrogen) atoms. The third-order valence-corrected chi connectivity index (χ3v) is 4.21. The smallest absolute Gasteiger partial charge is 0.332 e. The van der Waals surface area contributed by atoms with Crippen LogP contribution in [0.5, 0.6) is 0 Å². The molecule has 0 aromatic rings. The van der Waals surface area contributed by atoms with Crippen molar-refractivity contribution >= 4 is 5.97 Å². The molecule has 0 N–H and O–H groups in total. The van der Waals surface area contributed by atoms with Crippen molar-refractivity contribution in [3.05, 3.63) is 12.7 Å². The Bertz CT molecular complexity index is 327. The zero-order valence-corrected chi connectivity index (χ0v) is 13.5. The quantitative estimate of drug-likeness (QED) is 0.371. The van der Waals surface area contributed by atoms with Crippen molar-refractivity contribution in [3.8, 4) is 0 Å². The first-order chi connectivity index (χ1) is 10.7. The molecular weight excluding hydrogens is 284 g/mol. The lowest BCUT2D eigenvalue weighted by Crippen LogP contribution is -2.33. The molecule has 0 aromatic carbocycles. The van der Waals surface area contributed by atoms with Gasteiger partial charge in [0.15, 0.2) is 6.29 Å². The standard InChI is InChI=1S/C17H28O5/c1-3-16(18)20-13(2)19-12-17(21-14-8-4-5-9-14)22-15-10-6-7-11-15/h3,13-15,17H,1,4-12H2,2H3. The van der Waals surface area contributed by atoms with Crippen LogP contribution in [0.3, 0.4) is 0 Å². The minimum atomic E-state index is -0.632. The number of carbonyl (C=O) groups is 1. The molecule has 1 atom stereocenters. The highest BCUT2D eigenvalue weighted by molar-refractivity contribution is 5.81. The van der Waals surface area contributed by atoms with Crippen LogP contribution in [0.2, 0.25) is 0 Å². The Hall–Kier alpha value is -0.910. The number of esters is 1. The van der Waals surface area contributed by atoms with Crippen LogP contribution in [0.15, 0.2) is 12.7 Å². The van der Waals surface area contributed by atoms with E-state index in [0.29, 0.717) is 0 Å². The van der Waals surface area contributed by atoms with E-state index in [0.717, 1.165) is 31.8 Å². The van der Waals surface area contributed by atoms with Crippen molar-refractivity contribution in [1.82, 2.24) is 0 Å². The molecule has 0 spiro atoms. The van der Waals surface area contributed by atoms with Gasteiger partial charge < -0.3 is 18.9 Å². The zero-order valence-electron chi connectivity index (χ0n) is 13.5. The van der Waals surface area contributed by atoms with Crippen molar-refractivity contribution in [2.24, 2.45) is 0 Å². The maximum Gasteiger partial charge on any atom is 0.332 e. The Balaban J connectivity index is 1.77. The van der Waals surface area contributed by atoms with Gasteiger partial charge in [0.25, 0.3) is 0 Å². The average molecular weight is 312 g/mol. The topological polar surface area (TPSA) is 54.0 Å². The van der Waals surface area contributed by atoms with Crippen LogP contribution in [-0.4, -0.2) is 37.4 Å². The molecule has 0 saturated heterocycles. The van der Waals surface area contributed by atoms with Gasteiger partial charge in [0.1, 0.15) is 6.61 Å². The number of hydrogen-bond donors (Lipinski definition) is 0. The fourth-order valence-corrected chi connectivity index (χ4v) is 3.05. The summed E-state index contributed by atoms with van der Waals surface area (Å²) in [6.07, 6.45) is 9.87. The highest BCUT2D eigenvalue weighted by Gasteiger charge is 2.26. The molecule has 1 unspecified atom stereocenters. The van der Waals surface area contributed by atoms with E-state index >= 15 is 0 Å². The molecule has 5 heteroatoms.